The van der Waals surface area contributed by atoms with Crippen molar-refractivity contribution >= 4 is 0 Å². The van der Waals surface area contributed by atoms with Crippen LogP contribution < -0.4 is 5.32 Å². The van der Waals surface area contributed by atoms with Crippen molar-refractivity contribution in [2.45, 2.75) is 51.6 Å². The normalized spacial score (nSPS) is 25.4. The second kappa shape index (κ2) is 6.02. The van der Waals surface area contributed by atoms with E-state index < -0.39 is 0 Å². The molecule has 96 valence electrons. The second-order valence-corrected chi connectivity index (χ2v) is 5.49. The smallest absolute Gasteiger partial charge is 0.0991 e. The third-order valence-corrected chi connectivity index (χ3v) is 4.12. The molecule has 1 fully saturated rings. The summed E-state index contributed by atoms with van der Waals surface area (Å²) in [5, 5.41) is 12.5. The zero-order valence-electron chi connectivity index (χ0n) is 11.3. The van der Waals surface area contributed by atoms with E-state index in [1.807, 2.05) is 12.1 Å². The highest BCUT2D eigenvalue weighted by Gasteiger charge is 2.22. The molecule has 3 atom stereocenters. The van der Waals surface area contributed by atoms with Crippen molar-refractivity contribution in [2.75, 3.05) is 0 Å². The Morgan fingerprint density at radius 3 is 2.50 bits per heavy atom. The molecule has 0 heterocycles. The van der Waals surface area contributed by atoms with Gasteiger partial charge in [0, 0.05) is 12.1 Å². The Bertz CT molecular complexity index is 416. The van der Waals surface area contributed by atoms with Gasteiger partial charge in [-0.25, -0.2) is 0 Å². The van der Waals surface area contributed by atoms with E-state index in [0.717, 1.165) is 11.5 Å². The van der Waals surface area contributed by atoms with Crippen LogP contribution in [0.2, 0.25) is 0 Å². The number of hydrogen-bond acceptors (Lipinski definition) is 2. The standard InChI is InChI=1S/C16H22N2/c1-12-5-3-4-6-16(12)18-13(2)15-9-7-14(11-17)8-10-15/h7-10,12-13,16,18H,3-6H2,1-2H3. The molecule has 0 saturated heterocycles. The first-order chi connectivity index (χ1) is 8.70. The molecule has 1 aliphatic carbocycles. The average molecular weight is 242 g/mol. The molecule has 0 radical (unpaired) electrons. The third kappa shape index (κ3) is 3.11. The molecule has 2 nitrogen and oxygen atoms in total. The Kier molecular flexibility index (Phi) is 4.38. The lowest BCUT2D eigenvalue weighted by Crippen LogP contribution is -2.38. The van der Waals surface area contributed by atoms with E-state index in [2.05, 4.69) is 37.4 Å². The van der Waals surface area contributed by atoms with Crippen LogP contribution in [0.25, 0.3) is 0 Å². The summed E-state index contributed by atoms with van der Waals surface area (Å²) in [6, 6.07) is 11.1. The minimum Gasteiger partial charge on any atom is -0.307 e. The first-order valence-electron chi connectivity index (χ1n) is 6.97. The number of benzene rings is 1. The van der Waals surface area contributed by atoms with Gasteiger partial charge in [0.2, 0.25) is 0 Å². The molecule has 3 unspecified atom stereocenters. The molecule has 0 bridgehead atoms. The Balaban J connectivity index is 1.98. The number of hydrogen-bond donors (Lipinski definition) is 1. The van der Waals surface area contributed by atoms with Crippen molar-refractivity contribution in [1.82, 2.24) is 5.32 Å². The lowest BCUT2D eigenvalue weighted by molar-refractivity contribution is 0.263. The van der Waals surface area contributed by atoms with Crippen LogP contribution in [0.5, 0.6) is 0 Å². The van der Waals surface area contributed by atoms with Crippen LogP contribution in [0.15, 0.2) is 24.3 Å². The summed E-state index contributed by atoms with van der Waals surface area (Å²) in [6.07, 6.45) is 5.37. The zero-order chi connectivity index (χ0) is 13.0. The summed E-state index contributed by atoms with van der Waals surface area (Å²) in [7, 11) is 0. The highest BCUT2D eigenvalue weighted by molar-refractivity contribution is 5.32. The summed E-state index contributed by atoms with van der Waals surface area (Å²) in [5.74, 6) is 0.777. The lowest BCUT2D eigenvalue weighted by Gasteiger charge is -2.32. The zero-order valence-corrected chi connectivity index (χ0v) is 11.3. The fraction of sp³-hybridized carbons (Fsp3) is 0.562. The van der Waals surface area contributed by atoms with Crippen molar-refractivity contribution in [3.63, 3.8) is 0 Å². The van der Waals surface area contributed by atoms with E-state index >= 15 is 0 Å². The maximum absolute atomic E-state index is 8.80. The highest BCUT2D eigenvalue weighted by atomic mass is 15.0. The topological polar surface area (TPSA) is 35.8 Å². The van der Waals surface area contributed by atoms with Gasteiger partial charge in [-0.2, -0.15) is 5.26 Å². The molecule has 0 amide bonds. The Morgan fingerprint density at radius 2 is 1.89 bits per heavy atom. The van der Waals surface area contributed by atoms with E-state index in [9.17, 15) is 0 Å². The summed E-state index contributed by atoms with van der Waals surface area (Å²) in [5.41, 5.74) is 2.00. The van der Waals surface area contributed by atoms with Crippen LogP contribution in [-0.4, -0.2) is 6.04 Å². The Hall–Kier alpha value is -1.33. The van der Waals surface area contributed by atoms with Crippen molar-refractivity contribution in [1.29, 1.82) is 5.26 Å². The van der Waals surface area contributed by atoms with Gasteiger partial charge >= 0.3 is 0 Å². The van der Waals surface area contributed by atoms with Crippen LogP contribution in [0.4, 0.5) is 0 Å². The Labute approximate surface area is 110 Å². The SMILES string of the molecule is CC(NC1CCCCC1C)c1ccc(C#N)cc1. The molecule has 1 saturated carbocycles. The summed E-state index contributed by atoms with van der Waals surface area (Å²) >= 11 is 0. The maximum atomic E-state index is 8.80. The molecule has 0 aromatic heterocycles. The predicted molar refractivity (Wildman–Crippen MR) is 74.1 cm³/mol. The predicted octanol–water partition coefficient (Wildman–Crippen LogP) is 3.79. The molecule has 1 aromatic carbocycles. The first-order valence-corrected chi connectivity index (χ1v) is 6.97. The van der Waals surface area contributed by atoms with Gasteiger partial charge in [-0.1, -0.05) is 31.9 Å². The fourth-order valence-electron chi connectivity index (χ4n) is 2.83. The van der Waals surface area contributed by atoms with E-state index in [1.165, 1.54) is 31.2 Å². The molecule has 18 heavy (non-hydrogen) atoms. The lowest BCUT2D eigenvalue weighted by atomic mass is 9.85. The van der Waals surface area contributed by atoms with Crippen molar-refractivity contribution < 1.29 is 0 Å². The summed E-state index contributed by atoms with van der Waals surface area (Å²) < 4.78 is 0. The van der Waals surface area contributed by atoms with E-state index in [0.29, 0.717) is 12.1 Å². The average Bonchev–Trinajstić information content (AvgIpc) is 2.41. The molecule has 1 N–H and O–H groups in total. The van der Waals surface area contributed by atoms with E-state index in [4.69, 9.17) is 5.26 Å². The van der Waals surface area contributed by atoms with E-state index in [1.54, 1.807) is 0 Å². The van der Waals surface area contributed by atoms with Crippen LogP contribution in [0.1, 0.15) is 56.7 Å². The monoisotopic (exact) mass is 242 g/mol. The highest BCUT2D eigenvalue weighted by Crippen LogP contribution is 2.26. The molecule has 2 rings (SSSR count). The van der Waals surface area contributed by atoms with E-state index in [-0.39, 0.29) is 0 Å². The van der Waals surface area contributed by atoms with Gasteiger partial charge in [0.05, 0.1) is 11.6 Å². The molecule has 1 aromatic rings. The van der Waals surface area contributed by atoms with Crippen molar-refractivity contribution in [3.8, 4) is 6.07 Å². The number of rotatable bonds is 3. The summed E-state index contributed by atoms with van der Waals surface area (Å²) in [6.45, 7) is 4.56. The molecule has 2 heteroatoms. The molecule has 1 aliphatic rings. The maximum Gasteiger partial charge on any atom is 0.0991 e. The van der Waals surface area contributed by atoms with Gasteiger partial charge in [-0.05, 0) is 43.4 Å². The molecular weight excluding hydrogens is 220 g/mol. The minimum absolute atomic E-state index is 0.364. The third-order valence-electron chi connectivity index (χ3n) is 4.12. The van der Waals surface area contributed by atoms with Gasteiger partial charge in [0.15, 0.2) is 0 Å². The fourth-order valence-corrected chi connectivity index (χ4v) is 2.83. The van der Waals surface area contributed by atoms with Gasteiger partial charge in [-0.15, -0.1) is 0 Å². The second-order valence-electron chi connectivity index (χ2n) is 5.49. The van der Waals surface area contributed by atoms with Crippen LogP contribution in [-0.2, 0) is 0 Å². The quantitative estimate of drug-likeness (QED) is 0.875. The van der Waals surface area contributed by atoms with Crippen LogP contribution >= 0.6 is 0 Å². The van der Waals surface area contributed by atoms with Gasteiger partial charge in [0.25, 0.3) is 0 Å². The number of nitrogens with zero attached hydrogens (tertiary/aromatic N) is 1. The van der Waals surface area contributed by atoms with Gasteiger partial charge in [0.1, 0.15) is 0 Å². The van der Waals surface area contributed by atoms with Gasteiger partial charge in [-0.3, -0.25) is 0 Å². The van der Waals surface area contributed by atoms with Crippen molar-refractivity contribution in [2.24, 2.45) is 5.92 Å². The minimum atomic E-state index is 0.364. The number of nitrogens with one attached hydrogen (secondary N) is 1. The van der Waals surface area contributed by atoms with Crippen LogP contribution in [0, 0.1) is 17.2 Å². The first kappa shape index (κ1) is 13.1. The summed E-state index contributed by atoms with van der Waals surface area (Å²) in [4.78, 5) is 0. The molecular formula is C16H22N2. The number of nitriles is 1. The molecule has 0 aliphatic heterocycles. The largest absolute Gasteiger partial charge is 0.307 e. The van der Waals surface area contributed by atoms with Gasteiger partial charge < -0.3 is 5.32 Å². The van der Waals surface area contributed by atoms with Crippen molar-refractivity contribution in [3.05, 3.63) is 35.4 Å². The molecule has 0 spiro atoms. The Morgan fingerprint density at radius 1 is 1.22 bits per heavy atom. The van der Waals surface area contributed by atoms with Crippen LogP contribution in [0.3, 0.4) is 0 Å².